The first-order valence-electron chi connectivity index (χ1n) is 11.9. The van der Waals surface area contributed by atoms with Crippen LogP contribution in [0.1, 0.15) is 117 Å². The monoisotopic (exact) mass is 400 g/mol. The van der Waals surface area contributed by atoms with E-state index in [0.29, 0.717) is 6.54 Å². The van der Waals surface area contributed by atoms with Gasteiger partial charge in [-0.3, -0.25) is 0 Å². The Morgan fingerprint density at radius 3 is 1.39 bits per heavy atom. The first kappa shape index (κ1) is 27.2. The van der Waals surface area contributed by atoms with Crippen molar-refractivity contribution in [3.8, 4) is 0 Å². The van der Waals surface area contributed by atoms with E-state index in [1.807, 2.05) is 0 Å². The number of hydrogen-bond acceptors (Lipinski definition) is 3. The lowest BCUT2D eigenvalue weighted by Crippen LogP contribution is -2.55. The van der Waals surface area contributed by atoms with E-state index in [1.165, 1.54) is 89.9 Å². The van der Waals surface area contributed by atoms with Crippen LogP contribution in [0.25, 0.3) is 0 Å². The summed E-state index contributed by atoms with van der Waals surface area (Å²) in [6.07, 6.45) is 21.4. The van der Waals surface area contributed by atoms with Gasteiger partial charge < -0.3 is 20.8 Å². The molecule has 0 spiro atoms. The molecule has 0 rings (SSSR count). The van der Waals surface area contributed by atoms with E-state index in [-0.39, 0.29) is 19.2 Å². The summed E-state index contributed by atoms with van der Waals surface area (Å²) in [6, 6.07) is -0.327. The number of carbonyl (C=O) groups excluding carboxylic acids is 1. The normalized spacial score (nSPS) is 11.6. The summed E-state index contributed by atoms with van der Waals surface area (Å²) in [5.41, 5.74) is -0.960. The molecule has 0 unspecified atom stereocenters. The Hall–Kier alpha value is -0.810. The summed E-state index contributed by atoms with van der Waals surface area (Å²) >= 11 is 0. The minimum absolute atomic E-state index is 0.282. The van der Waals surface area contributed by atoms with Crippen molar-refractivity contribution in [2.24, 2.45) is 0 Å². The molecule has 0 heterocycles. The van der Waals surface area contributed by atoms with Gasteiger partial charge in [0.1, 0.15) is 0 Å². The second-order valence-electron chi connectivity index (χ2n) is 8.56. The Kier molecular flexibility index (Phi) is 18.9. The highest BCUT2D eigenvalue weighted by Gasteiger charge is 2.24. The highest BCUT2D eigenvalue weighted by atomic mass is 16.3. The quantitative estimate of drug-likeness (QED) is 0.210. The molecular weight excluding hydrogens is 352 g/mol. The van der Waals surface area contributed by atoms with Crippen LogP contribution in [0.3, 0.4) is 0 Å². The summed E-state index contributed by atoms with van der Waals surface area (Å²) in [4.78, 5) is 11.7. The number of unbranched alkanes of at least 4 members (excludes halogenated alkanes) is 15. The van der Waals surface area contributed by atoms with Gasteiger partial charge in [0.25, 0.3) is 0 Å². The first-order chi connectivity index (χ1) is 13.6. The number of aliphatic hydroxyl groups excluding tert-OH is 2. The summed E-state index contributed by atoms with van der Waals surface area (Å²) < 4.78 is 0. The molecule has 0 saturated heterocycles. The number of carbonyl (C=O) groups is 1. The number of nitrogens with one attached hydrogen (secondary N) is 2. The molecule has 0 radical (unpaired) electrons. The molecule has 5 heteroatoms. The molecule has 0 aliphatic rings. The van der Waals surface area contributed by atoms with Gasteiger partial charge in [-0.15, -0.1) is 0 Å². The van der Waals surface area contributed by atoms with Gasteiger partial charge in [0.05, 0.1) is 18.8 Å². The Balaban J connectivity index is 3.25. The van der Waals surface area contributed by atoms with Crippen molar-refractivity contribution < 1.29 is 15.0 Å². The maximum atomic E-state index is 11.7. The number of amides is 2. The van der Waals surface area contributed by atoms with E-state index in [9.17, 15) is 4.79 Å². The predicted molar refractivity (Wildman–Crippen MR) is 119 cm³/mol. The Morgan fingerprint density at radius 2 is 1.04 bits per heavy atom. The molecule has 0 aromatic rings. The van der Waals surface area contributed by atoms with Crippen molar-refractivity contribution in [3.05, 3.63) is 0 Å². The standard InChI is InChI=1S/C23H48N2O3/c1-3-4-5-6-7-8-9-10-11-12-13-14-15-16-17-18-19-24-22(28)25-23(2,20-26)21-27/h26-27H,3-21H2,1-2H3,(H2,24,25,28). The van der Waals surface area contributed by atoms with E-state index in [2.05, 4.69) is 17.6 Å². The summed E-state index contributed by atoms with van der Waals surface area (Å²) in [5.74, 6) is 0. The third-order valence-electron chi connectivity index (χ3n) is 5.43. The molecule has 0 aliphatic carbocycles. The van der Waals surface area contributed by atoms with Gasteiger partial charge in [0, 0.05) is 6.54 Å². The lowest BCUT2D eigenvalue weighted by atomic mass is 10.0. The number of aliphatic hydroxyl groups is 2. The zero-order chi connectivity index (χ0) is 20.9. The number of rotatable bonds is 20. The molecule has 0 aromatic heterocycles. The van der Waals surface area contributed by atoms with Crippen LogP contribution in [0.4, 0.5) is 4.79 Å². The SMILES string of the molecule is CCCCCCCCCCCCCCCCCCNC(=O)NC(C)(CO)CO. The van der Waals surface area contributed by atoms with Crippen molar-refractivity contribution in [2.45, 2.75) is 122 Å². The van der Waals surface area contributed by atoms with Crippen molar-refractivity contribution in [1.29, 1.82) is 0 Å². The van der Waals surface area contributed by atoms with Gasteiger partial charge in [-0.2, -0.15) is 0 Å². The molecule has 168 valence electrons. The summed E-state index contributed by atoms with van der Waals surface area (Å²) in [7, 11) is 0. The van der Waals surface area contributed by atoms with Crippen LogP contribution in [0.5, 0.6) is 0 Å². The van der Waals surface area contributed by atoms with Gasteiger partial charge in [-0.1, -0.05) is 103 Å². The average molecular weight is 401 g/mol. The van der Waals surface area contributed by atoms with Crippen LogP contribution < -0.4 is 10.6 Å². The third kappa shape index (κ3) is 17.3. The van der Waals surface area contributed by atoms with Gasteiger partial charge in [0.2, 0.25) is 0 Å². The number of urea groups is 1. The molecule has 0 fully saturated rings. The van der Waals surface area contributed by atoms with E-state index >= 15 is 0 Å². The van der Waals surface area contributed by atoms with Gasteiger partial charge in [-0.05, 0) is 13.3 Å². The summed E-state index contributed by atoms with van der Waals surface area (Å²) in [5, 5.41) is 23.7. The fraction of sp³-hybridized carbons (Fsp3) is 0.957. The Labute approximate surface area is 174 Å². The molecule has 0 bridgehead atoms. The highest BCUT2D eigenvalue weighted by molar-refractivity contribution is 5.74. The second kappa shape index (κ2) is 19.5. The predicted octanol–water partition coefficient (Wildman–Crippen LogP) is 5.29. The third-order valence-corrected chi connectivity index (χ3v) is 5.43. The molecule has 28 heavy (non-hydrogen) atoms. The highest BCUT2D eigenvalue weighted by Crippen LogP contribution is 2.13. The fourth-order valence-corrected chi connectivity index (χ4v) is 3.32. The minimum atomic E-state index is -0.960. The van der Waals surface area contributed by atoms with Crippen molar-refractivity contribution >= 4 is 6.03 Å². The van der Waals surface area contributed by atoms with Gasteiger partial charge >= 0.3 is 6.03 Å². The molecule has 5 nitrogen and oxygen atoms in total. The first-order valence-corrected chi connectivity index (χ1v) is 11.9. The molecule has 2 amide bonds. The lowest BCUT2D eigenvalue weighted by molar-refractivity contribution is 0.109. The maximum absolute atomic E-state index is 11.7. The van der Waals surface area contributed by atoms with Crippen LogP contribution in [0, 0.1) is 0 Å². The topological polar surface area (TPSA) is 81.6 Å². The van der Waals surface area contributed by atoms with Crippen molar-refractivity contribution in [1.82, 2.24) is 10.6 Å². The minimum Gasteiger partial charge on any atom is -0.394 e. The number of hydrogen-bond donors (Lipinski definition) is 4. The largest absolute Gasteiger partial charge is 0.394 e. The maximum Gasteiger partial charge on any atom is 0.315 e. The van der Waals surface area contributed by atoms with Crippen LogP contribution in [-0.4, -0.2) is 41.5 Å². The van der Waals surface area contributed by atoms with Crippen LogP contribution in [0.2, 0.25) is 0 Å². The molecule has 0 atom stereocenters. The van der Waals surface area contributed by atoms with Gasteiger partial charge in [-0.25, -0.2) is 4.79 Å². The Bertz CT molecular complexity index is 347. The van der Waals surface area contributed by atoms with Crippen LogP contribution >= 0.6 is 0 Å². The zero-order valence-corrected chi connectivity index (χ0v) is 18.7. The fourth-order valence-electron chi connectivity index (χ4n) is 3.32. The smallest absolute Gasteiger partial charge is 0.315 e. The van der Waals surface area contributed by atoms with Gasteiger partial charge in [0.15, 0.2) is 0 Å². The molecule has 4 N–H and O–H groups in total. The van der Waals surface area contributed by atoms with Crippen LogP contribution in [-0.2, 0) is 0 Å². The average Bonchev–Trinajstić information content (AvgIpc) is 2.70. The van der Waals surface area contributed by atoms with E-state index < -0.39 is 5.54 Å². The molecule has 0 saturated carbocycles. The molecule has 0 aliphatic heterocycles. The van der Waals surface area contributed by atoms with Crippen LogP contribution in [0.15, 0.2) is 0 Å². The lowest BCUT2D eigenvalue weighted by Gasteiger charge is -2.26. The Morgan fingerprint density at radius 1 is 0.679 bits per heavy atom. The van der Waals surface area contributed by atoms with E-state index in [0.717, 1.165) is 12.8 Å². The molecular formula is C23H48N2O3. The molecule has 0 aromatic carbocycles. The van der Waals surface area contributed by atoms with E-state index in [1.54, 1.807) is 6.92 Å². The van der Waals surface area contributed by atoms with Crippen molar-refractivity contribution in [3.63, 3.8) is 0 Å². The van der Waals surface area contributed by atoms with Crippen molar-refractivity contribution in [2.75, 3.05) is 19.8 Å². The van der Waals surface area contributed by atoms with E-state index in [4.69, 9.17) is 10.2 Å². The second-order valence-corrected chi connectivity index (χ2v) is 8.56. The zero-order valence-electron chi connectivity index (χ0n) is 18.7. The summed E-state index contributed by atoms with van der Waals surface area (Å²) in [6.45, 7) is 3.96.